The first kappa shape index (κ1) is 17.9. The third kappa shape index (κ3) is 3.41. The zero-order chi connectivity index (χ0) is 18.7. The average molecular weight is 373 g/mol. The van der Waals surface area contributed by atoms with Gasteiger partial charge in [-0.05, 0) is 42.0 Å². The van der Waals surface area contributed by atoms with Crippen molar-refractivity contribution < 1.29 is 19.1 Å². The number of carbonyl (C=O) groups excluding carboxylic acids is 2. The minimum absolute atomic E-state index is 0.243. The number of Topliss-reactive ketones (excluding diaryl/α,β-unsaturated/α-hetero) is 1. The molecule has 134 valence electrons. The van der Waals surface area contributed by atoms with Gasteiger partial charge in [0.2, 0.25) is 5.78 Å². The van der Waals surface area contributed by atoms with Gasteiger partial charge < -0.3 is 9.47 Å². The van der Waals surface area contributed by atoms with Gasteiger partial charge in [0.05, 0.1) is 20.1 Å². The maximum atomic E-state index is 12.9. The Balaban J connectivity index is 1.97. The summed E-state index contributed by atoms with van der Waals surface area (Å²) in [7, 11) is 2.87. The van der Waals surface area contributed by atoms with Gasteiger partial charge in [-0.15, -0.1) is 0 Å². The highest BCUT2D eigenvalue weighted by Crippen LogP contribution is 2.30. The van der Waals surface area contributed by atoms with Crippen molar-refractivity contribution in [2.45, 2.75) is 12.0 Å². The van der Waals surface area contributed by atoms with E-state index >= 15 is 0 Å². The molecule has 0 spiro atoms. The summed E-state index contributed by atoms with van der Waals surface area (Å²) in [5.74, 6) is -0.664. The van der Waals surface area contributed by atoms with Gasteiger partial charge in [0, 0.05) is 10.6 Å². The summed E-state index contributed by atoms with van der Waals surface area (Å²) in [4.78, 5) is 25.1. The smallest absolute Gasteiger partial charge is 0.330 e. The summed E-state index contributed by atoms with van der Waals surface area (Å²) >= 11 is 5.89. The van der Waals surface area contributed by atoms with Crippen LogP contribution in [0.5, 0.6) is 5.75 Å². The highest BCUT2D eigenvalue weighted by molar-refractivity contribution is 6.48. The molecule has 1 aliphatic heterocycles. The van der Waals surface area contributed by atoms with Gasteiger partial charge in [0.15, 0.2) is 6.04 Å². The van der Waals surface area contributed by atoms with E-state index in [1.165, 1.54) is 7.11 Å². The number of nitrogens with zero attached hydrogens (tertiary/aromatic N) is 1. The van der Waals surface area contributed by atoms with Crippen LogP contribution in [0.25, 0.3) is 0 Å². The van der Waals surface area contributed by atoms with E-state index in [1.807, 2.05) is 0 Å². The molecule has 7 heteroatoms. The van der Waals surface area contributed by atoms with Gasteiger partial charge in [-0.3, -0.25) is 10.2 Å². The van der Waals surface area contributed by atoms with Crippen LogP contribution in [0.4, 0.5) is 0 Å². The average Bonchev–Trinajstić information content (AvgIpc) is 3.12. The number of carbonyl (C=O) groups is 2. The fourth-order valence-corrected chi connectivity index (χ4v) is 2.99. The molecule has 0 aromatic heterocycles. The SMILES string of the molecule is COC(=O)[C@@H]1NN=C(C(=O)c2ccc(Cl)cc2)[C@H]1c1ccc(OC)cc1. The van der Waals surface area contributed by atoms with Gasteiger partial charge >= 0.3 is 5.97 Å². The zero-order valence-electron chi connectivity index (χ0n) is 14.2. The van der Waals surface area contributed by atoms with E-state index in [9.17, 15) is 9.59 Å². The number of hydrogen-bond acceptors (Lipinski definition) is 6. The second-order valence-electron chi connectivity index (χ2n) is 5.71. The standard InChI is InChI=1S/C19H17ClN2O4/c1-25-14-9-5-11(6-10-14)15-16(21-22-17(15)19(24)26-2)18(23)12-3-7-13(20)8-4-12/h3-10,15,17,22H,1-2H3/t15-,17-/m1/s1. The first-order valence-corrected chi connectivity index (χ1v) is 8.28. The fraction of sp³-hybridized carbons (Fsp3) is 0.211. The predicted molar refractivity (Wildman–Crippen MR) is 97.9 cm³/mol. The lowest BCUT2D eigenvalue weighted by molar-refractivity contribution is -0.143. The van der Waals surface area contributed by atoms with Crippen molar-refractivity contribution in [2.24, 2.45) is 5.10 Å². The molecule has 0 unspecified atom stereocenters. The molecule has 2 aromatic carbocycles. The molecule has 0 bridgehead atoms. The third-order valence-corrected chi connectivity index (χ3v) is 4.47. The summed E-state index contributed by atoms with van der Waals surface area (Å²) < 4.78 is 10.0. The first-order valence-electron chi connectivity index (χ1n) is 7.90. The van der Waals surface area contributed by atoms with Crippen LogP contribution in [-0.4, -0.2) is 37.7 Å². The summed E-state index contributed by atoms with van der Waals surface area (Å²) in [5.41, 5.74) is 4.18. The maximum Gasteiger partial charge on any atom is 0.330 e. The molecule has 1 aliphatic rings. The molecular formula is C19H17ClN2O4. The lowest BCUT2D eigenvalue weighted by Crippen LogP contribution is -2.38. The van der Waals surface area contributed by atoms with Crippen molar-refractivity contribution in [1.29, 1.82) is 0 Å². The molecule has 1 N–H and O–H groups in total. The van der Waals surface area contributed by atoms with Gasteiger partial charge in [0.1, 0.15) is 11.5 Å². The molecule has 3 rings (SSSR count). The second-order valence-corrected chi connectivity index (χ2v) is 6.15. The summed E-state index contributed by atoms with van der Waals surface area (Å²) in [6.45, 7) is 0. The molecule has 1 heterocycles. The number of ether oxygens (including phenoxy) is 2. The molecule has 2 aromatic rings. The van der Waals surface area contributed by atoms with E-state index in [-0.39, 0.29) is 11.5 Å². The molecule has 0 saturated heterocycles. The number of nitrogens with one attached hydrogen (secondary N) is 1. The molecule has 6 nitrogen and oxygen atoms in total. The highest BCUT2D eigenvalue weighted by Gasteiger charge is 2.41. The number of ketones is 1. The van der Waals surface area contributed by atoms with E-state index in [2.05, 4.69) is 10.5 Å². The lowest BCUT2D eigenvalue weighted by Gasteiger charge is -2.19. The van der Waals surface area contributed by atoms with E-state index in [4.69, 9.17) is 21.1 Å². The minimum atomic E-state index is -0.778. The van der Waals surface area contributed by atoms with E-state index in [1.54, 1.807) is 55.6 Å². The van der Waals surface area contributed by atoms with Crippen LogP contribution >= 0.6 is 11.6 Å². The Labute approximate surface area is 155 Å². The van der Waals surface area contributed by atoms with Crippen molar-refractivity contribution in [3.63, 3.8) is 0 Å². The highest BCUT2D eigenvalue weighted by atomic mass is 35.5. The quantitative estimate of drug-likeness (QED) is 0.645. The van der Waals surface area contributed by atoms with Crippen molar-refractivity contribution >= 4 is 29.1 Å². The van der Waals surface area contributed by atoms with Crippen LogP contribution in [0.3, 0.4) is 0 Å². The summed E-state index contributed by atoms with van der Waals surface area (Å²) in [5, 5.41) is 4.67. The molecule has 0 saturated carbocycles. The molecule has 2 atom stereocenters. The molecule has 26 heavy (non-hydrogen) atoms. The fourth-order valence-electron chi connectivity index (χ4n) is 2.86. The monoisotopic (exact) mass is 372 g/mol. The van der Waals surface area contributed by atoms with Crippen molar-refractivity contribution in [2.75, 3.05) is 14.2 Å². The molecule has 0 aliphatic carbocycles. The van der Waals surface area contributed by atoms with Crippen LogP contribution in [-0.2, 0) is 9.53 Å². The first-order chi connectivity index (χ1) is 12.5. The largest absolute Gasteiger partial charge is 0.497 e. The molecule has 0 fully saturated rings. The predicted octanol–water partition coefficient (Wildman–Crippen LogP) is 2.82. The van der Waals surface area contributed by atoms with Crippen molar-refractivity contribution in [3.05, 3.63) is 64.7 Å². The topological polar surface area (TPSA) is 77.0 Å². The van der Waals surface area contributed by atoms with Crippen LogP contribution in [0, 0.1) is 0 Å². The van der Waals surface area contributed by atoms with Crippen molar-refractivity contribution in [1.82, 2.24) is 5.43 Å². The number of benzene rings is 2. The van der Waals surface area contributed by atoms with Gasteiger partial charge in [-0.1, -0.05) is 23.7 Å². The Morgan fingerprint density at radius 3 is 2.27 bits per heavy atom. The molecule has 0 radical (unpaired) electrons. The Bertz CT molecular complexity index is 847. The summed E-state index contributed by atoms with van der Waals surface area (Å²) in [6.07, 6.45) is 0. The minimum Gasteiger partial charge on any atom is -0.497 e. The lowest BCUT2D eigenvalue weighted by atomic mass is 9.85. The number of rotatable bonds is 5. The van der Waals surface area contributed by atoms with E-state index in [0.29, 0.717) is 16.3 Å². The van der Waals surface area contributed by atoms with Crippen LogP contribution in [0.2, 0.25) is 5.02 Å². The van der Waals surface area contributed by atoms with Gasteiger partial charge in [0.25, 0.3) is 0 Å². The van der Waals surface area contributed by atoms with Crippen LogP contribution in [0.1, 0.15) is 21.8 Å². The molecule has 0 amide bonds. The van der Waals surface area contributed by atoms with Crippen molar-refractivity contribution in [3.8, 4) is 5.75 Å². The molecular weight excluding hydrogens is 356 g/mol. The normalized spacial score (nSPS) is 18.7. The number of halogens is 1. The Morgan fingerprint density at radius 1 is 1.04 bits per heavy atom. The number of hydrogen-bond donors (Lipinski definition) is 1. The Hall–Kier alpha value is -2.86. The zero-order valence-corrected chi connectivity index (χ0v) is 15.0. The van der Waals surface area contributed by atoms with E-state index < -0.39 is 17.9 Å². The third-order valence-electron chi connectivity index (χ3n) is 4.22. The Morgan fingerprint density at radius 2 is 1.69 bits per heavy atom. The van der Waals surface area contributed by atoms with Crippen LogP contribution in [0.15, 0.2) is 53.6 Å². The van der Waals surface area contributed by atoms with Gasteiger partial charge in [-0.25, -0.2) is 4.79 Å². The van der Waals surface area contributed by atoms with Gasteiger partial charge in [-0.2, -0.15) is 5.10 Å². The Kier molecular flexibility index (Phi) is 5.23. The van der Waals surface area contributed by atoms with E-state index in [0.717, 1.165) is 5.56 Å². The van der Waals surface area contributed by atoms with Crippen LogP contribution < -0.4 is 10.2 Å². The number of methoxy groups -OCH3 is 2. The second kappa shape index (κ2) is 7.58. The number of hydrazone groups is 1. The number of esters is 1. The summed E-state index contributed by atoms with van der Waals surface area (Å²) in [6, 6.07) is 12.9. The maximum absolute atomic E-state index is 12.9.